The van der Waals surface area contributed by atoms with Gasteiger partial charge >= 0.3 is 5.97 Å². The number of carbonyl (C=O) groups is 1. The smallest absolute Gasteiger partial charge is 0.330 e. The van der Waals surface area contributed by atoms with Gasteiger partial charge in [0.1, 0.15) is 18.1 Å². The van der Waals surface area contributed by atoms with Gasteiger partial charge in [0, 0.05) is 11.6 Å². The van der Waals surface area contributed by atoms with Gasteiger partial charge in [0.15, 0.2) is 0 Å². The van der Waals surface area contributed by atoms with E-state index in [1.54, 1.807) is 0 Å². The van der Waals surface area contributed by atoms with Crippen molar-refractivity contribution in [3.8, 4) is 11.5 Å². The largest absolute Gasteiger partial charge is 0.458 e. The Morgan fingerprint density at radius 1 is 1.05 bits per heavy atom. The first kappa shape index (κ1) is 12.9. The molecular formula is C16H14O3. The van der Waals surface area contributed by atoms with Gasteiger partial charge in [-0.1, -0.05) is 43.0 Å². The summed E-state index contributed by atoms with van der Waals surface area (Å²) in [7, 11) is 0. The van der Waals surface area contributed by atoms with Gasteiger partial charge in [0.2, 0.25) is 0 Å². The molecule has 0 saturated carbocycles. The highest BCUT2D eigenvalue weighted by Crippen LogP contribution is 2.25. The lowest BCUT2D eigenvalue weighted by atomic mass is 10.2. The summed E-state index contributed by atoms with van der Waals surface area (Å²) in [4.78, 5) is 11.1. The average molecular weight is 254 g/mol. The van der Waals surface area contributed by atoms with Gasteiger partial charge in [-0.3, -0.25) is 0 Å². The summed E-state index contributed by atoms with van der Waals surface area (Å²) < 4.78 is 10.8. The van der Waals surface area contributed by atoms with Crippen molar-refractivity contribution < 1.29 is 14.3 Å². The van der Waals surface area contributed by atoms with Crippen molar-refractivity contribution in [1.82, 2.24) is 0 Å². The van der Waals surface area contributed by atoms with Crippen LogP contribution in [0.5, 0.6) is 11.5 Å². The Hall–Kier alpha value is -2.55. The highest BCUT2D eigenvalue weighted by atomic mass is 16.5. The minimum absolute atomic E-state index is 0.161. The van der Waals surface area contributed by atoms with Crippen molar-refractivity contribution in [2.24, 2.45) is 0 Å². The number of esters is 1. The second kappa shape index (κ2) is 6.40. The summed E-state index contributed by atoms with van der Waals surface area (Å²) in [6.07, 6.45) is 1.14. The van der Waals surface area contributed by atoms with Crippen LogP contribution in [0.2, 0.25) is 0 Å². The Bertz CT molecular complexity index is 561. The highest BCUT2D eigenvalue weighted by Gasteiger charge is 2.06. The lowest BCUT2D eigenvalue weighted by Gasteiger charge is -2.10. The van der Waals surface area contributed by atoms with Crippen molar-refractivity contribution in [1.29, 1.82) is 0 Å². The molecule has 2 aromatic carbocycles. The molecule has 0 heterocycles. The molecule has 0 aliphatic heterocycles. The van der Waals surface area contributed by atoms with Crippen molar-refractivity contribution in [3.05, 3.63) is 72.8 Å². The van der Waals surface area contributed by atoms with Gasteiger partial charge < -0.3 is 9.47 Å². The maximum atomic E-state index is 11.1. The Labute approximate surface area is 112 Å². The van der Waals surface area contributed by atoms with Crippen LogP contribution in [0.3, 0.4) is 0 Å². The lowest BCUT2D eigenvalue weighted by molar-refractivity contribution is -0.138. The summed E-state index contributed by atoms with van der Waals surface area (Å²) in [5.41, 5.74) is 0.807. The molecular weight excluding hydrogens is 240 g/mol. The first-order chi connectivity index (χ1) is 9.29. The fourth-order valence-electron chi connectivity index (χ4n) is 1.55. The van der Waals surface area contributed by atoms with Gasteiger partial charge in [0.05, 0.1) is 0 Å². The molecule has 0 radical (unpaired) electrons. The van der Waals surface area contributed by atoms with Crippen LogP contribution in [0.25, 0.3) is 0 Å². The maximum absolute atomic E-state index is 11.1. The highest BCUT2D eigenvalue weighted by molar-refractivity contribution is 5.81. The molecule has 0 aliphatic rings. The van der Waals surface area contributed by atoms with Gasteiger partial charge in [0.25, 0.3) is 0 Å². The number of benzene rings is 2. The predicted molar refractivity (Wildman–Crippen MR) is 73.0 cm³/mol. The topological polar surface area (TPSA) is 35.5 Å². The Morgan fingerprint density at radius 2 is 1.74 bits per heavy atom. The van der Waals surface area contributed by atoms with Crippen LogP contribution in [0.15, 0.2) is 67.3 Å². The van der Waals surface area contributed by atoms with E-state index < -0.39 is 5.97 Å². The van der Waals surface area contributed by atoms with E-state index in [-0.39, 0.29) is 6.61 Å². The zero-order chi connectivity index (χ0) is 13.5. The zero-order valence-corrected chi connectivity index (χ0v) is 10.4. The molecule has 0 spiro atoms. The summed E-state index contributed by atoms with van der Waals surface area (Å²) in [5, 5.41) is 0. The second-order valence-electron chi connectivity index (χ2n) is 3.83. The number of hydrogen-bond acceptors (Lipinski definition) is 3. The van der Waals surface area contributed by atoms with E-state index in [4.69, 9.17) is 9.47 Å². The summed E-state index contributed by atoms with van der Waals surface area (Å²) in [5.74, 6) is 0.963. The SMILES string of the molecule is C=CC(=O)OCc1ccccc1Oc1ccccc1. The molecule has 0 aromatic heterocycles. The van der Waals surface area contributed by atoms with E-state index in [2.05, 4.69) is 6.58 Å². The molecule has 0 fully saturated rings. The molecule has 0 atom stereocenters. The monoisotopic (exact) mass is 254 g/mol. The number of hydrogen-bond donors (Lipinski definition) is 0. The van der Waals surface area contributed by atoms with E-state index in [9.17, 15) is 4.79 Å². The predicted octanol–water partition coefficient (Wildman–Crippen LogP) is 3.71. The van der Waals surface area contributed by atoms with Crippen LogP contribution >= 0.6 is 0 Å². The van der Waals surface area contributed by atoms with Crippen LogP contribution in [-0.2, 0) is 16.1 Å². The van der Waals surface area contributed by atoms with Crippen molar-refractivity contribution in [3.63, 3.8) is 0 Å². The fourth-order valence-corrected chi connectivity index (χ4v) is 1.55. The summed E-state index contributed by atoms with van der Waals surface area (Å²) in [6, 6.07) is 16.9. The van der Waals surface area contributed by atoms with Gasteiger partial charge in [-0.05, 0) is 18.2 Å². The Kier molecular flexibility index (Phi) is 4.34. The number of ether oxygens (including phenoxy) is 2. The van der Waals surface area contributed by atoms with Gasteiger partial charge in [-0.2, -0.15) is 0 Å². The van der Waals surface area contributed by atoms with Crippen molar-refractivity contribution in [2.75, 3.05) is 0 Å². The van der Waals surface area contributed by atoms with Crippen LogP contribution in [0.4, 0.5) is 0 Å². The molecule has 3 nitrogen and oxygen atoms in total. The molecule has 2 rings (SSSR count). The maximum Gasteiger partial charge on any atom is 0.330 e. The molecule has 0 bridgehead atoms. The third kappa shape index (κ3) is 3.71. The molecule has 2 aromatic rings. The second-order valence-corrected chi connectivity index (χ2v) is 3.83. The van der Waals surface area contributed by atoms with E-state index >= 15 is 0 Å². The fraction of sp³-hybridized carbons (Fsp3) is 0.0625. The van der Waals surface area contributed by atoms with Crippen LogP contribution in [0.1, 0.15) is 5.56 Å². The van der Waals surface area contributed by atoms with E-state index in [1.165, 1.54) is 0 Å². The quantitative estimate of drug-likeness (QED) is 0.602. The van der Waals surface area contributed by atoms with Crippen molar-refractivity contribution in [2.45, 2.75) is 6.61 Å². The number of carbonyl (C=O) groups excluding carboxylic acids is 1. The first-order valence-electron chi connectivity index (χ1n) is 5.89. The molecule has 0 aliphatic carbocycles. The Morgan fingerprint density at radius 3 is 2.47 bits per heavy atom. The molecule has 19 heavy (non-hydrogen) atoms. The van der Waals surface area contributed by atoms with Crippen molar-refractivity contribution >= 4 is 5.97 Å². The van der Waals surface area contributed by atoms with Gasteiger partial charge in [-0.25, -0.2) is 4.79 Å². The van der Waals surface area contributed by atoms with Crippen LogP contribution in [0, 0.1) is 0 Å². The van der Waals surface area contributed by atoms with Crippen LogP contribution in [-0.4, -0.2) is 5.97 Å². The van der Waals surface area contributed by atoms with E-state index in [0.717, 1.165) is 17.4 Å². The molecule has 0 saturated heterocycles. The number of para-hydroxylation sites is 2. The first-order valence-corrected chi connectivity index (χ1v) is 5.89. The molecule has 3 heteroatoms. The van der Waals surface area contributed by atoms with Gasteiger partial charge in [-0.15, -0.1) is 0 Å². The molecule has 0 unspecified atom stereocenters. The van der Waals surface area contributed by atoms with E-state index in [1.807, 2.05) is 54.6 Å². The zero-order valence-electron chi connectivity index (χ0n) is 10.4. The molecule has 0 amide bonds. The molecule has 0 N–H and O–H groups in total. The van der Waals surface area contributed by atoms with E-state index in [0.29, 0.717) is 5.75 Å². The standard InChI is InChI=1S/C16H14O3/c1-2-16(17)18-12-13-8-6-7-11-15(13)19-14-9-4-3-5-10-14/h2-11H,1,12H2. The third-order valence-corrected chi connectivity index (χ3v) is 2.48. The average Bonchev–Trinajstić information content (AvgIpc) is 2.47. The lowest BCUT2D eigenvalue weighted by Crippen LogP contribution is -2.01. The Balaban J connectivity index is 2.12. The van der Waals surface area contributed by atoms with Crippen LogP contribution < -0.4 is 4.74 Å². The normalized spacial score (nSPS) is 9.68. The third-order valence-electron chi connectivity index (χ3n) is 2.48. The number of rotatable bonds is 5. The minimum Gasteiger partial charge on any atom is -0.458 e. The summed E-state index contributed by atoms with van der Waals surface area (Å²) >= 11 is 0. The molecule has 96 valence electrons. The minimum atomic E-state index is -0.450. The summed E-state index contributed by atoms with van der Waals surface area (Å²) in [6.45, 7) is 3.52.